The first-order chi connectivity index (χ1) is 9.15. The van der Waals surface area contributed by atoms with Crippen LogP contribution < -0.4 is 5.32 Å². The number of nitrogens with one attached hydrogen (secondary N) is 1. The summed E-state index contributed by atoms with van der Waals surface area (Å²) in [6.07, 6.45) is 0. The summed E-state index contributed by atoms with van der Waals surface area (Å²) in [6.45, 7) is 3.28. The van der Waals surface area contributed by atoms with E-state index < -0.39 is 0 Å². The number of anilines is 1. The molecule has 0 spiro atoms. The minimum Gasteiger partial charge on any atom is -0.378 e. The molecule has 102 valence electrons. The minimum atomic E-state index is 0.445. The number of aromatic nitrogens is 2. The van der Waals surface area contributed by atoms with Gasteiger partial charge in [-0.15, -0.1) is 11.3 Å². The Kier molecular flexibility index (Phi) is 5.32. The Balaban J connectivity index is 2.48. The van der Waals surface area contributed by atoms with E-state index in [1.54, 1.807) is 18.4 Å². The van der Waals surface area contributed by atoms with Crippen LogP contribution in [0.3, 0.4) is 0 Å². The Bertz CT molecular complexity index is 547. The Morgan fingerprint density at radius 2 is 2.16 bits per heavy atom. The Morgan fingerprint density at radius 1 is 1.37 bits per heavy atom. The highest BCUT2D eigenvalue weighted by atomic mass is 79.9. The fourth-order valence-corrected chi connectivity index (χ4v) is 3.34. The van der Waals surface area contributed by atoms with E-state index in [1.807, 2.05) is 18.4 Å². The zero-order valence-electron chi connectivity index (χ0n) is 10.5. The second kappa shape index (κ2) is 6.78. The van der Waals surface area contributed by atoms with Gasteiger partial charge < -0.3 is 10.1 Å². The molecule has 19 heavy (non-hydrogen) atoms. The van der Waals surface area contributed by atoms with Gasteiger partial charge in [-0.3, -0.25) is 0 Å². The van der Waals surface area contributed by atoms with Crippen molar-refractivity contribution in [1.29, 1.82) is 0 Å². The standard InChI is InChI=1S/C12H13Br2N3OS/c1-3-15-12-10(14)8(5-18-2)16-11(17-12)9-4-7(13)6-19-9/h4,6H,3,5H2,1-2H3,(H,15,16,17). The Labute approximate surface area is 132 Å². The summed E-state index contributed by atoms with van der Waals surface area (Å²) in [5, 5.41) is 5.25. The lowest BCUT2D eigenvalue weighted by atomic mass is 10.3. The van der Waals surface area contributed by atoms with E-state index in [9.17, 15) is 0 Å². The first-order valence-electron chi connectivity index (χ1n) is 5.69. The van der Waals surface area contributed by atoms with Gasteiger partial charge in [0.1, 0.15) is 5.82 Å². The van der Waals surface area contributed by atoms with Crippen LogP contribution in [0.2, 0.25) is 0 Å². The number of nitrogens with zero attached hydrogens (tertiary/aromatic N) is 2. The second-order valence-corrected chi connectivity index (χ2v) is 6.37. The lowest BCUT2D eigenvalue weighted by molar-refractivity contribution is 0.181. The van der Waals surface area contributed by atoms with E-state index in [2.05, 4.69) is 47.1 Å². The topological polar surface area (TPSA) is 47.0 Å². The molecule has 0 fully saturated rings. The fraction of sp³-hybridized carbons (Fsp3) is 0.333. The molecule has 0 radical (unpaired) electrons. The SMILES string of the molecule is CCNc1nc(-c2cc(Br)cs2)nc(COC)c1Br. The molecule has 4 nitrogen and oxygen atoms in total. The summed E-state index contributed by atoms with van der Waals surface area (Å²) < 4.78 is 7.08. The van der Waals surface area contributed by atoms with Crippen molar-refractivity contribution in [3.63, 3.8) is 0 Å². The molecule has 2 aromatic heterocycles. The lowest BCUT2D eigenvalue weighted by Crippen LogP contribution is -2.06. The van der Waals surface area contributed by atoms with Crippen molar-refractivity contribution < 1.29 is 4.74 Å². The smallest absolute Gasteiger partial charge is 0.172 e. The lowest BCUT2D eigenvalue weighted by Gasteiger charge is -2.11. The van der Waals surface area contributed by atoms with Gasteiger partial charge in [-0.2, -0.15) is 0 Å². The highest BCUT2D eigenvalue weighted by molar-refractivity contribution is 9.11. The van der Waals surface area contributed by atoms with Crippen LogP contribution in [0.1, 0.15) is 12.6 Å². The van der Waals surface area contributed by atoms with Gasteiger partial charge in [-0.25, -0.2) is 9.97 Å². The van der Waals surface area contributed by atoms with Gasteiger partial charge in [0.15, 0.2) is 5.82 Å². The van der Waals surface area contributed by atoms with E-state index in [-0.39, 0.29) is 0 Å². The summed E-state index contributed by atoms with van der Waals surface area (Å²) in [4.78, 5) is 10.1. The molecule has 2 rings (SSSR count). The molecule has 0 aromatic carbocycles. The third-order valence-electron chi connectivity index (χ3n) is 2.33. The van der Waals surface area contributed by atoms with Crippen LogP contribution in [0, 0.1) is 0 Å². The molecule has 0 aliphatic rings. The van der Waals surface area contributed by atoms with Crippen LogP contribution in [0.15, 0.2) is 20.4 Å². The molecule has 1 N–H and O–H groups in total. The van der Waals surface area contributed by atoms with Gasteiger partial charge in [0, 0.05) is 23.5 Å². The van der Waals surface area contributed by atoms with E-state index in [1.165, 1.54) is 0 Å². The van der Waals surface area contributed by atoms with Crippen molar-refractivity contribution in [2.24, 2.45) is 0 Å². The van der Waals surface area contributed by atoms with E-state index in [4.69, 9.17) is 4.74 Å². The summed E-state index contributed by atoms with van der Waals surface area (Å²) >= 11 is 8.58. The summed E-state index contributed by atoms with van der Waals surface area (Å²) in [7, 11) is 1.66. The number of hydrogen-bond donors (Lipinski definition) is 1. The number of methoxy groups -OCH3 is 1. The number of rotatable bonds is 5. The van der Waals surface area contributed by atoms with Crippen LogP contribution in [0.4, 0.5) is 5.82 Å². The molecule has 0 saturated carbocycles. The number of halogens is 2. The maximum Gasteiger partial charge on any atom is 0.172 e. The molecule has 0 bridgehead atoms. The molecule has 0 atom stereocenters. The molecule has 7 heteroatoms. The molecular formula is C12H13Br2N3OS. The zero-order valence-corrected chi connectivity index (χ0v) is 14.5. The van der Waals surface area contributed by atoms with Crippen molar-refractivity contribution in [3.8, 4) is 10.7 Å². The second-order valence-electron chi connectivity index (χ2n) is 3.75. The van der Waals surface area contributed by atoms with Gasteiger partial charge in [-0.1, -0.05) is 0 Å². The van der Waals surface area contributed by atoms with Gasteiger partial charge in [0.2, 0.25) is 0 Å². The molecule has 2 heterocycles. The third-order valence-corrected chi connectivity index (χ3v) is 4.85. The largest absolute Gasteiger partial charge is 0.378 e. The number of hydrogen-bond acceptors (Lipinski definition) is 5. The van der Waals surface area contributed by atoms with Crippen LogP contribution in [-0.2, 0) is 11.3 Å². The average molecular weight is 407 g/mol. The van der Waals surface area contributed by atoms with Gasteiger partial charge in [0.25, 0.3) is 0 Å². The summed E-state index contributed by atoms with van der Waals surface area (Å²) in [6, 6.07) is 2.01. The molecular weight excluding hydrogens is 394 g/mol. The number of ether oxygens (including phenoxy) is 1. The maximum absolute atomic E-state index is 5.18. The van der Waals surface area contributed by atoms with Gasteiger partial charge >= 0.3 is 0 Å². The van der Waals surface area contributed by atoms with Crippen molar-refractivity contribution in [1.82, 2.24) is 9.97 Å². The van der Waals surface area contributed by atoms with E-state index >= 15 is 0 Å². The quantitative estimate of drug-likeness (QED) is 0.803. The van der Waals surface area contributed by atoms with Crippen molar-refractivity contribution >= 4 is 49.0 Å². The van der Waals surface area contributed by atoms with E-state index in [0.29, 0.717) is 12.4 Å². The summed E-state index contributed by atoms with van der Waals surface area (Å²) in [5.41, 5.74) is 0.841. The van der Waals surface area contributed by atoms with Crippen molar-refractivity contribution in [2.75, 3.05) is 19.0 Å². The highest BCUT2D eigenvalue weighted by Gasteiger charge is 2.14. The predicted molar refractivity (Wildman–Crippen MR) is 85.6 cm³/mol. The normalized spacial score (nSPS) is 10.7. The molecule has 0 aliphatic carbocycles. The summed E-state index contributed by atoms with van der Waals surface area (Å²) in [5.74, 6) is 1.51. The highest BCUT2D eigenvalue weighted by Crippen LogP contribution is 2.31. The van der Waals surface area contributed by atoms with Crippen LogP contribution in [0.25, 0.3) is 10.7 Å². The molecule has 0 unspecified atom stereocenters. The van der Waals surface area contributed by atoms with Gasteiger partial charge in [0.05, 0.1) is 21.7 Å². The fourth-order valence-electron chi connectivity index (χ4n) is 1.55. The molecule has 0 amide bonds. The van der Waals surface area contributed by atoms with Gasteiger partial charge in [-0.05, 0) is 44.8 Å². The Hall–Kier alpha value is -0.500. The third kappa shape index (κ3) is 3.53. The number of thiophene rings is 1. The van der Waals surface area contributed by atoms with Crippen LogP contribution in [0.5, 0.6) is 0 Å². The van der Waals surface area contributed by atoms with Crippen molar-refractivity contribution in [2.45, 2.75) is 13.5 Å². The average Bonchev–Trinajstić information content (AvgIpc) is 2.81. The van der Waals surface area contributed by atoms with Crippen molar-refractivity contribution in [3.05, 3.63) is 26.1 Å². The maximum atomic E-state index is 5.18. The molecule has 0 saturated heterocycles. The molecule has 2 aromatic rings. The zero-order chi connectivity index (χ0) is 13.8. The van der Waals surface area contributed by atoms with Crippen LogP contribution in [-0.4, -0.2) is 23.6 Å². The first-order valence-corrected chi connectivity index (χ1v) is 8.16. The Morgan fingerprint density at radius 3 is 2.74 bits per heavy atom. The predicted octanol–water partition coefficient (Wildman–Crippen LogP) is 4.31. The van der Waals surface area contributed by atoms with E-state index in [0.717, 1.165) is 31.9 Å². The monoisotopic (exact) mass is 405 g/mol. The molecule has 0 aliphatic heterocycles. The first kappa shape index (κ1) is 14.9. The minimum absolute atomic E-state index is 0.445. The van der Waals surface area contributed by atoms with Crippen LogP contribution >= 0.6 is 43.2 Å².